The highest BCUT2D eigenvalue weighted by molar-refractivity contribution is 5.79. The lowest BCUT2D eigenvalue weighted by atomic mass is 9.97. The van der Waals surface area contributed by atoms with Crippen molar-refractivity contribution in [1.29, 1.82) is 0 Å². The average molecular weight is 359 g/mol. The standard InChI is InChI=1S/C21H34N4O/c1-4-22-21(23-13-17-8-7-11-25(15-17)16(2)3)24-14-19-12-18-9-5-6-10-20(18)26-19/h5-6,9-10,16-17,19H,4,7-8,11-15H2,1-3H3,(H2,22,23,24). The molecule has 144 valence electrons. The van der Waals surface area contributed by atoms with E-state index in [1.165, 1.54) is 31.5 Å². The van der Waals surface area contributed by atoms with Gasteiger partial charge in [0.25, 0.3) is 0 Å². The average Bonchev–Trinajstić information content (AvgIpc) is 3.07. The Morgan fingerprint density at radius 3 is 2.92 bits per heavy atom. The van der Waals surface area contributed by atoms with Gasteiger partial charge >= 0.3 is 0 Å². The fourth-order valence-electron chi connectivity index (χ4n) is 3.86. The van der Waals surface area contributed by atoms with Crippen molar-refractivity contribution in [1.82, 2.24) is 15.5 Å². The second-order valence-corrected chi connectivity index (χ2v) is 7.75. The molecule has 2 aliphatic heterocycles. The van der Waals surface area contributed by atoms with Crippen molar-refractivity contribution in [3.05, 3.63) is 29.8 Å². The summed E-state index contributed by atoms with van der Waals surface area (Å²) in [7, 11) is 0. The van der Waals surface area contributed by atoms with E-state index in [9.17, 15) is 0 Å². The third-order valence-electron chi connectivity index (χ3n) is 5.34. The number of rotatable bonds is 6. The molecule has 1 aromatic carbocycles. The van der Waals surface area contributed by atoms with Crippen LogP contribution in [0, 0.1) is 5.92 Å². The summed E-state index contributed by atoms with van der Waals surface area (Å²) in [4.78, 5) is 7.43. The molecule has 1 saturated heterocycles. The van der Waals surface area contributed by atoms with E-state index in [0.29, 0.717) is 12.0 Å². The van der Waals surface area contributed by atoms with E-state index in [1.54, 1.807) is 0 Å². The number of nitrogens with one attached hydrogen (secondary N) is 2. The first-order chi connectivity index (χ1) is 12.7. The molecule has 0 radical (unpaired) electrons. The van der Waals surface area contributed by atoms with E-state index in [-0.39, 0.29) is 6.10 Å². The highest BCUT2D eigenvalue weighted by Crippen LogP contribution is 2.27. The summed E-state index contributed by atoms with van der Waals surface area (Å²) < 4.78 is 6.02. The van der Waals surface area contributed by atoms with E-state index < -0.39 is 0 Å². The van der Waals surface area contributed by atoms with E-state index in [4.69, 9.17) is 9.73 Å². The van der Waals surface area contributed by atoms with Gasteiger partial charge in [0.1, 0.15) is 11.9 Å². The van der Waals surface area contributed by atoms with Gasteiger partial charge in [-0.3, -0.25) is 4.99 Å². The normalized spacial score (nSPS) is 23.6. The summed E-state index contributed by atoms with van der Waals surface area (Å²) in [5, 5.41) is 6.84. The number of para-hydroxylation sites is 1. The zero-order valence-electron chi connectivity index (χ0n) is 16.5. The van der Waals surface area contributed by atoms with Crippen LogP contribution in [0.5, 0.6) is 5.75 Å². The molecule has 0 bridgehead atoms. The fourth-order valence-corrected chi connectivity index (χ4v) is 3.86. The van der Waals surface area contributed by atoms with Crippen molar-refractivity contribution in [2.45, 2.75) is 52.2 Å². The zero-order chi connectivity index (χ0) is 18.4. The third-order valence-corrected chi connectivity index (χ3v) is 5.34. The molecule has 0 aliphatic carbocycles. The molecule has 0 spiro atoms. The maximum atomic E-state index is 6.02. The van der Waals surface area contributed by atoms with Gasteiger partial charge in [0.05, 0.1) is 6.54 Å². The van der Waals surface area contributed by atoms with Crippen LogP contribution in [-0.4, -0.2) is 55.7 Å². The van der Waals surface area contributed by atoms with Gasteiger partial charge in [0.2, 0.25) is 0 Å². The van der Waals surface area contributed by atoms with Crippen LogP contribution in [-0.2, 0) is 6.42 Å². The maximum absolute atomic E-state index is 6.02. The number of hydrogen-bond acceptors (Lipinski definition) is 3. The quantitative estimate of drug-likeness (QED) is 0.606. The molecular weight excluding hydrogens is 324 g/mol. The van der Waals surface area contributed by atoms with Crippen LogP contribution in [0.3, 0.4) is 0 Å². The van der Waals surface area contributed by atoms with Gasteiger partial charge in [0.15, 0.2) is 5.96 Å². The predicted molar refractivity (Wildman–Crippen MR) is 108 cm³/mol. The van der Waals surface area contributed by atoms with Crippen LogP contribution in [0.25, 0.3) is 0 Å². The fraction of sp³-hybridized carbons (Fsp3) is 0.667. The number of piperidine rings is 1. The molecule has 0 amide bonds. The van der Waals surface area contributed by atoms with Crippen molar-refractivity contribution in [3.8, 4) is 5.75 Å². The van der Waals surface area contributed by atoms with Crippen molar-refractivity contribution in [2.75, 3.05) is 32.7 Å². The molecule has 1 fully saturated rings. The first-order valence-corrected chi connectivity index (χ1v) is 10.2. The zero-order valence-corrected chi connectivity index (χ0v) is 16.5. The summed E-state index contributed by atoms with van der Waals surface area (Å²) in [5.41, 5.74) is 1.30. The molecule has 5 heteroatoms. The van der Waals surface area contributed by atoms with Crippen molar-refractivity contribution < 1.29 is 4.74 Å². The Bertz CT molecular complexity index is 576. The molecule has 2 aliphatic rings. The molecule has 2 unspecified atom stereocenters. The molecule has 5 nitrogen and oxygen atoms in total. The summed E-state index contributed by atoms with van der Waals surface area (Å²) >= 11 is 0. The lowest BCUT2D eigenvalue weighted by Gasteiger charge is -2.34. The highest BCUT2D eigenvalue weighted by Gasteiger charge is 2.23. The lowest BCUT2D eigenvalue weighted by Crippen LogP contribution is -2.43. The Balaban J connectivity index is 1.48. The van der Waals surface area contributed by atoms with Gasteiger partial charge < -0.3 is 20.3 Å². The first kappa shape index (κ1) is 19.0. The second-order valence-electron chi connectivity index (χ2n) is 7.75. The monoisotopic (exact) mass is 358 g/mol. The minimum Gasteiger partial charge on any atom is -0.488 e. The largest absolute Gasteiger partial charge is 0.488 e. The van der Waals surface area contributed by atoms with Crippen LogP contribution in [0.2, 0.25) is 0 Å². The minimum atomic E-state index is 0.183. The van der Waals surface area contributed by atoms with Crippen molar-refractivity contribution in [2.24, 2.45) is 10.9 Å². The van der Waals surface area contributed by atoms with Gasteiger partial charge in [-0.2, -0.15) is 0 Å². The highest BCUT2D eigenvalue weighted by atomic mass is 16.5. The number of fused-ring (bicyclic) bond motifs is 1. The van der Waals surface area contributed by atoms with Crippen LogP contribution < -0.4 is 15.4 Å². The predicted octanol–water partition coefficient (Wildman–Crippen LogP) is 2.67. The second kappa shape index (κ2) is 9.26. The Hall–Kier alpha value is -1.75. The van der Waals surface area contributed by atoms with Crippen LogP contribution in [0.4, 0.5) is 0 Å². The minimum absolute atomic E-state index is 0.183. The van der Waals surface area contributed by atoms with Gasteiger partial charge in [-0.1, -0.05) is 18.2 Å². The number of nitrogens with zero attached hydrogens (tertiary/aromatic N) is 2. The van der Waals surface area contributed by atoms with E-state index >= 15 is 0 Å². The van der Waals surface area contributed by atoms with E-state index in [1.807, 2.05) is 6.07 Å². The number of likely N-dealkylation sites (tertiary alicyclic amines) is 1. The third kappa shape index (κ3) is 5.13. The number of ether oxygens (including phenoxy) is 1. The van der Waals surface area contributed by atoms with Crippen molar-refractivity contribution in [3.63, 3.8) is 0 Å². The van der Waals surface area contributed by atoms with Crippen LogP contribution >= 0.6 is 0 Å². The van der Waals surface area contributed by atoms with Crippen LogP contribution in [0.15, 0.2) is 29.3 Å². The van der Waals surface area contributed by atoms with Gasteiger partial charge in [0, 0.05) is 32.1 Å². The Labute approximate surface area is 158 Å². The van der Waals surface area contributed by atoms with Crippen molar-refractivity contribution >= 4 is 5.96 Å². The molecule has 0 saturated carbocycles. The Morgan fingerprint density at radius 2 is 2.15 bits per heavy atom. The molecule has 2 heterocycles. The number of aliphatic imine (C=N–C) groups is 1. The molecular formula is C21H34N4O. The molecule has 3 rings (SSSR count). The summed E-state index contributed by atoms with van der Waals surface area (Å²) in [6.07, 6.45) is 3.72. The smallest absolute Gasteiger partial charge is 0.191 e. The number of guanidine groups is 1. The van der Waals surface area contributed by atoms with Crippen LogP contribution in [0.1, 0.15) is 39.2 Å². The molecule has 2 N–H and O–H groups in total. The maximum Gasteiger partial charge on any atom is 0.191 e. The first-order valence-electron chi connectivity index (χ1n) is 10.2. The molecule has 1 aromatic rings. The molecule has 26 heavy (non-hydrogen) atoms. The SMILES string of the molecule is CCNC(=NCC1CCCN(C(C)C)C1)NCC1Cc2ccccc2O1. The Kier molecular flexibility index (Phi) is 6.78. The molecule has 0 aromatic heterocycles. The number of hydrogen-bond donors (Lipinski definition) is 2. The lowest BCUT2D eigenvalue weighted by molar-refractivity contribution is 0.143. The topological polar surface area (TPSA) is 48.9 Å². The van der Waals surface area contributed by atoms with E-state index in [0.717, 1.165) is 37.8 Å². The van der Waals surface area contributed by atoms with Gasteiger partial charge in [-0.05, 0) is 57.7 Å². The molecule has 2 atom stereocenters. The summed E-state index contributed by atoms with van der Waals surface area (Å²) in [6, 6.07) is 8.95. The van der Waals surface area contributed by atoms with Gasteiger partial charge in [-0.15, -0.1) is 0 Å². The van der Waals surface area contributed by atoms with E-state index in [2.05, 4.69) is 54.5 Å². The summed E-state index contributed by atoms with van der Waals surface area (Å²) in [6.45, 7) is 11.6. The Morgan fingerprint density at radius 1 is 1.31 bits per heavy atom. The number of benzene rings is 1. The van der Waals surface area contributed by atoms with Gasteiger partial charge in [-0.25, -0.2) is 0 Å². The summed E-state index contributed by atoms with van der Waals surface area (Å²) in [5.74, 6) is 2.60.